The number of amides is 2. The van der Waals surface area contributed by atoms with E-state index in [1.165, 1.54) is 17.8 Å². The van der Waals surface area contributed by atoms with Gasteiger partial charge in [-0.15, -0.1) is 0 Å². The first-order chi connectivity index (χ1) is 16.3. The number of anilines is 1. The second-order valence-corrected chi connectivity index (χ2v) is 8.35. The highest BCUT2D eigenvalue weighted by molar-refractivity contribution is 6.40. The fraction of sp³-hybridized carbons (Fsp3) is 0.125. The minimum absolute atomic E-state index is 0.115. The van der Waals surface area contributed by atoms with Crippen LogP contribution in [-0.2, 0) is 4.79 Å². The maximum Gasteiger partial charge on any atom is 0.274 e. The van der Waals surface area contributed by atoms with Crippen LogP contribution in [0.15, 0.2) is 54.7 Å². The number of pyridine rings is 1. The summed E-state index contributed by atoms with van der Waals surface area (Å²) in [5, 5.41) is 11.5. The predicted molar refractivity (Wildman–Crippen MR) is 131 cm³/mol. The summed E-state index contributed by atoms with van der Waals surface area (Å²) in [6.07, 6.45) is 1.54. The molecule has 0 saturated heterocycles. The average Bonchev–Trinajstić information content (AvgIpc) is 3.21. The molecule has 172 valence electrons. The van der Waals surface area contributed by atoms with Gasteiger partial charge in [-0.2, -0.15) is 5.10 Å². The lowest BCUT2D eigenvalue weighted by Gasteiger charge is -2.16. The number of hydrogen-bond acceptors (Lipinski definition) is 5. The van der Waals surface area contributed by atoms with Crippen LogP contribution < -0.4 is 10.6 Å². The van der Waals surface area contributed by atoms with Crippen molar-refractivity contribution >= 4 is 57.3 Å². The third kappa shape index (κ3) is 4.64. The van der Waals surface area contributed by atoms with Crippen molar-refractivity contribution in [2.24, 2.45) is 0 Å². The predicted octanol–water partition coefficient (Wildman–Crippen LogP) is 4.61. The van der Waals surface area contributed by atoms with Gasteiger partial charge in [0.15, 0.2) is 5.82 Å². The van der Waals surface area contributed by atoms with Crippen LogP contribution in [0.5, 0.6) is 0 Å². The maximum absolute atomic E-state index is 13.4. The van der Waals surface area contributed by atoms with Crippen molar-refractivity contribution in [3.05, 3.63) is 81.7 Å². The van der Waals surface area contributed by atoms with Crippen molar-refractivity contribution in [1.29, 1.82) is 0 Å². The summed E-state index contributed by atoms with van der Waals surface area (Å²) in [5.74, 6) is -1.04. The summed E-state index contributed by atoms with van der Waals surface area (Å²) in [5.41, 5.74) is 0.953. The molecular formula is C24H19Cl2N5O3. The first-order valence-corrected chi connectivity index (χ1v) is 11.0. The van der Waals surface area contributed by atoms with E-state index in [-0.39, 0.29) is 40.1 Å². The highest BCUT2D eigenvalue weighted by Crippen LogP contribution is 2.35. The number of aryl methyl sites for hydroxylation is 1. The molecule has 2 N–H and O–H groups in total. The first-order valence-electron chi connectivity index (χ1n) is 10.2. The zero-order chi connectivity index (χ0) is 24.4. The Kier molecular flexibility index (Phi) is 6.63. The Labute approximate surface area is 204 Å². The molecule has 34 heavy (non-hydrogen) atoms. The summed E-state index contributed by atoms with van der Waals surface area (Å²) in [6, 6.07) is 13.7. The molecule has 2 amide bonds. The van der Waals surface area contributed by atoms with Gasteiger partial charge in [-0.25, -0.2) is 9.67 Å². The number of rotatable bonds is 6. The smallest absolute Gasteiger partial charge is 0.274 e. The topological polar surface area (TPSA) is 106 Å². The van der Waals surface area contributed by atoms with Crippen molar-refractivity contribution in [2.45, 2.75) is 13.8 Å². The van der Waals surface area contributed by atoms with Crippen molar-refractivity contribution in [1.82, 2.24) is 20.1 Å². The van der Waals surface area contributed by atoms with Crippen LogP contribution in [0.2, 0.25) is 10.0 Å². The van der Waals surface area contributed by atoms with Gasteiger partial charge in [0.2, 0.25) is 0 Å². The zero-order valence-electron chi connectivity index (χ0n) is 18.2. The average molecular weight is 496 g/mol. The maximum atomic E-state index is 13.4. The number of nitrogens with one attached hydrogen (secondary N) is 2. The molecule has 10 heteroatoms. The van der Waals surface area contributed by atoms with Crippen LogP contribution >= 0.6 is 23.2 Å². The molecule has 8 nitrogen and oxygen atoms in total. The van der Waals surface area contributed by atoms with Gasteiger partial charge in [-0.05, 0) is 43.5 Å². The third-order valence-electron chi connectivity index (χ3n) is 4.97. The Bertz CT molecular complexity index is 1450. The van der Waals surface area contributed by atoms with Crippen LogP contribution in [0.1, 0.15) is 33.5 Å². The Balaban J connectivity index is 1.79. The molecule has 2 aromatic carbocycles. The van der Waals surface area contributed by atoms with E-state index >= 15 is 0 Å². The summed E-state index contributed by atoms with van der Waals surface area (Å²) in [4.78, 5) is 41.9. The Morgan fingerprint density at radius 1 is 1.03 bits per heavy atom. The van der Waals surface area contributed by atoms with Gasteiger partial charge < -0.3 is 10.6 Å². The SMILES string of the molecule is CC(=O)CNC(=O)c1cc2ccccc2c(Cl)c1NC(=O)c1cc(C)nn1-c1ncccc1Cl. The molecule has 0 unspecified atom stereocenters. The van der Waals surface area contributed by atoms with E-state index in [2.05, 4.69) is 20.7 Å². The second kappa shape index (κ2) is 9.62. The number of hydrogen-bond donors (Lipinski definition) is 2. The molecule has 0 bridgehead atoms. The normalized spacial score (nSPS) is 10.8. The Morgan fingerprint density at radius 2 is 1.79 bits per heavy atom. The standard InChI is InChI=1S/C24H19Cl2N5O3/c1-13-10-19(31(30-13)22-18(25)8-5-9-27-22)24(34)29-21-17(23(33)28-12-14(2)32)11-15-6-3-4-7-16(15)20(21)26/h3-11H,12H2,1-2H3,(H,28,33)(H,29,34). The number of carbonyl (C=O) groups is 3. The highest BCUT2D eigenvalue weighted by atomic mass is 35.5. The van der Waals surface area contributed by atoms with Gasteiger partial charge >= 0.3 is 0 Å². The largest absolute Gasteiger partial charge is 0.345 e. The lowest BCUT2D eigenvalue weighted by atomic mass is 10.0. The van der Waals surface area contributed by atoms with Crippen molar-refractivity contribution in [2.75, 3.05) is 11.9 Å². The molecule has 0 spiro atoms. The molecule has 4 aromatic rings. The number of nitrogens with zero attached hydrogens (tertiary/aromatic N) is 3. The molecule has 4 rings (SSSR count). The number of ketones is 1. The molecule has 0 radical (unpaired) electrons. The van der Waals surface area contributed by atoms with E-state index in [0.717, 1.165) is 0 Å². The molecular weight excluding hydrogens is 477 g/mol. The van der Waals surface area contributed by atoms with E-state index in [0.29, 0.717) is 21.5 Å². The van der Waals surface area contributed by atoms with E-state index in [9.17, 15) is 14.4 Å². The summed E-state index contributed by atoms with van der Waals surface area (Å²) in [7, 11) is 0. The minimum Gasteiger partial charge on any atom is -0.345 e. The molecule has 0 aliphatic carbocycles. The number of carbonyl (C=O) groups excluding carboxylic acids is 3. The van der Waals surface area contributed by atoms with E-state index < -0.39 is 11.8 Å². The number of fused-ring (bicyclic) bond motifs is 1. The number of halogens is 2. The van der Waals surface area contributed by atoms with Crippen molar-refractivity contribution < 1.29 is 14.4 Å². The van der Waals surface area contributed by atoms with Gasteiger partial charge in [-0.1, -0.05) is 47.5 Å². The molecule has 0 aliphatic rings. The summed E-state index contributed by atoms with van der Waals surface area (Å²) < 4.78 is 1.33. The zero-order valence-corrected chi connectivity index (χ0v) is 19.7. The number of aromatic nitrogens is 3. The van der Waals surface area contributed by atoms with Gasteiger partial charge in [0.1, 0.15) is 11.5 Å². The molecule has 0 saturated carbocycles. The Hall–Kier alpha value is -3.75. The lowest BCUT2D eigenvalue weighted by Crippen LogP contribution is -2.29. The van der Waals surface area contributed by atoms with E-state index in [1.54, 1.807) is 49.4 Å². The fourth-order valence-electron chi connectivity index (χ4n) is 3.44. The summed E-state index contributed by atoms with van der Waals surface area (Å²) in [6.45, 7) is 2.94. The van der Waals surface area contributed by atoms with Gasteiger partial charge in [0.05, 0.1) is 33.5 Å². The molecule has 2 aromatic heterocycles. The van der Waals surface area contributed by atoms with Crippen molar-refractivity contribution in [3.8, 4) is 5.82 Å². The molecule has 2 heterocycles. The van der Waals surface area contributed by atoms with Crippen molar-refractivity contribution in [3.63, 3.8) is 0 Å². The van der Waals surface area contributed by atoms with E-state index in [4.69, 9.17) is 23.2 Å². The van der Waals surface area contributed by atoms with Crippen LogP contribution in [0, 0.1) is 6.92 Å². The number of benzene rings is 2. The van der Waals surface area contributed by atoms with Crippen LogP contribution in [-0.4, -0.2) is 38.9 Å². The summed E-state index contributed by atoms with van der Waals surface area (Å²) >= 11 is 12.9. The van der Waals surface area contributed by atoms with Gasteiger partial charge in [-0.3, -0.25) is 14.4 Å². The van der Waals surface area contributed by atoms with Crippen LogP contribution in [0.3, 0.4) is 0 Å². The second-order valence-electron chi connectivity index (χ2n) is 7.56. The van der Waals surface area contributed by atoms with Crippen LogP contribution in [0.4, 0.5) is 5.69 Å². The third-order valence-corrected chi connectivity index (χ3v) is 5.66. The quantitative estimate of drug-likeness (QED) is 0.406. The highest BCUT2D eigenvalue weighted by Gasteiger charge is 2.23. The monoisotopic (exact) mass is 495 g/mol. The van der Waals surface area contributed by atoms with Crippen LogP contribution in [0.25, 0.3) is 16.6 Å². The fourth-order valence-corrected chi connectivity index (χ4v) is 3.96. The van der Waals surface area contributed by atoms with Gasteiger partial charge in [0, 0.05) is 11.6 Å². The number of Topliss-reactive ketones (excluding diaryl/α,β-unsaturated/α-hetero) is 1. The van der Waals surface area contributed by atoms with Gasteiger partial charge in [0.25, 0.3) is 11.8 Å². The Morgan fingerprint density at radius 3 is 2.53 bits per heavy atom. The lowest BCUT2D eigenvalue weighted by molar-refractivity contribution is -0.116. The molecule has 0 atom stereocenters. The molecule has 0 fully saturated rings. The molecule has 0 aliphatic heterocycles. The first kappa shape index (κ1) is 23.4. The minimum atomic E-state index is -0.569. The van der Waals surface area contributed by atoms with E-state index in [1.807, 2.05) is 6.07 Å².